The Morgan fingerprint density at radius 2 is 1.02 bits per heavy atom. The molecule has 0 spiro atoms. The van der Waals surface area contributed by atoms with Crippen LogP contribution in [0.3, 0.4) is 0 Å². The molecule has 4 nitrogen and oxygen atoms in total. The lowest BCUT2D eigenvalue weighted by molar-refractivity contribution is 0.619. The molecule has 232 valence electrons. The molecular weight excluding hydrogens is 602 g/mol. The number of hydrogen-bond donors (Lipinski definition) is 0. The molecule has 0 fully saturated rings. The first-order valence-corrected chi connectivity index (χ1v) is 16.6. The molecule has 3 aromatic heterocycles. The van der Waals surface area contributed by atoms with Crippen LogP contribution in [0.1, 0.15) is 22.6 Å². The number of nitrogens with zero attached hydrogens (tertiary/aromatic N) is 1. The highest BCUT2D eigenvalue weighted by Crippen LogP contribution is 2.40. The van der Waals surface area contributed by atoms with Gasteiger partial charge in [-0.3, -0.25) is 0 Å². The zero-order valence-corrected chi connectivity index (χ0v) is 26.5. The highest BCUT2D eigenvalue weighted by molar-refractivity contribution is 6.16. The first-order chi connectivity index (χ1) is 24.3. The lowest BCUT2D eigenvalue weighted by Gasteiger charge is -2.20. The maximum atomic E-state index is 6.34. The Kier molecular flexibility index (Phi) is 6.28. The number of aromatic nitrogens is 1. The smallest absolute Gasteiger partial charge is 0.227 e. The van der Waals surface area contributed by atoms with E-state index in [1.165, 1.54) is 33.2 Å². The Bertz CT molecular complexity index is 2780. The van der Waals surface area contributed by atoms with E-state index < -0.39 is 0 Å². The SMILES string of the molecule is c1ccc(-c2ccc(CC(c3ccc(-c4nc5c(ccc6oc7ccccc7c65)o4)cc3)c3cccc4oc5ccccc5c34)cc2)cc1. The van der Waals surface area contributed by atoms with Crippen molar-refractivity contribution in [2.75, 3.05) is 0 Å². The van der Waals surface area contributed by atoms with Crippen LogP contribution in [0.4, 0.5) is 0 Å². The van der Waals surface area contributed by atoms with Crippen molar-refractivity contribution in [2.24, 2.45) is 0 Å². The third-order valence-corrected chi connectivity index (χ3v) is 9.77. The Balaban J connectivity index is 1.07. The van der Waals surface area contributed by atoms with E-state index >= 15 is 0 Å². The van der Waals surface area contributed by atoms with Crippen LogP contribution in [-0.4, -0.2) is 4.98 Å². The average molecular weight is 632 g/mol. The monoisotopic (exact) mass is 631 g/mol. The van der Waals surface area contributed by atoms with E-state index in [0.29, 0.717) is 5.89 Å². The molecule has 0 radical (unpaired) electrons. The minimum atomic E-state index is 0.0851. The molecule has 0 aliphatic heterocycles. The van der Waals surface area contributed by atoms with Crippen molar-refractivity contribution in [3.8, 4) is 22.6 Å². The maximum Gasteiger partial charge on any atom is 0.227 e. The number of benzene rings is 7. The van der Waals surface area contributed by atoms with Crippen LogP contribution in [0, 0.1) is 0 Å². The van der Waals surface area contributed by atoms with Gasteiger partial charge in [0.2, 0.25) is 5.89 Å². The van der Waals surface area contributed by atoms with Crippen molar-refractivity contribution >= 4 is 55.0 Å². The zero-order chi connectivity index (χ0) is 32.3. The number of rotatable bonds is 6. The molecule has 7 aromatic carbocycles. The fourth-order valence-corrected chi connectivity index (χ4v) is 7.38. The molecule has 0 aliphatic carbocycles. The normalized spacial score (nSPS) is 12.5. The molecule has 10 rings (SSSR count). The summed E-state index contributed by atoms with van der Waals surface area (Å²) in [6.45, 7) is 0. The predicted octanol–water partition coefficient (Wildman–Crippen LogP) is 12.3. The molecular formula is C45H29NO3. The van der Waals surface area contributed by atoms with Crippen molar-refractivity contribution in [2.45, 2.75) is 12.3 Å². The molecule has 3 heterocycles. The Labute approximate surface area is 281 Å². The average Bonchev–Trinajstić information content (AvgIpc) is 3.88. The van der Waals surface area contributed by atoms with Gasteiger partial charge in [0.1, 0.15) is 27.8 Å². The largest absolute Gasteiger partial charge is 0.456 e. The number of hydrogen-bond acceptors (Lipinski definition) is 4. The molecule has 0 saturated heterocycles. The summed E-state index contributed by atoms with van der Waals surface area (Å²) in [6, 6.07) is 54.9. The molecule has 0 aliphatic rings. The molecule has 0 amide bonds. The summed E-state index contributed by atoms with van der Waals surface area (Å²) in [5.74, 6) is 0.678. The van der Waals surface area contributed by atoms with E-state index in [1.807, 2.05) is 42.5 Å². The second-order valence-corrected chi connectivity index (χ2v) is 12.7. The van der Waals surface area contributed by atoms with Crippen LogP contribution >= 0.6 is 0 Å². The zero-order valence-electron chi connectivity index (χ0n) is 26.5. The lowest BCUT2D eigenvalue weighted by atomic mass is 9.83. The van der Waals surface area contributed by atoms with Gasteiger partial charge in [0.15, 0.2) is 5.58 Å². The Morgan fingerprint density at radius 1 is 0.429 bits per heavy atom. The van der Waals surface area contributed by atoms with Crippen LogP contribution in [0.15, 0.2) is 171 Å². The highest BCUT2D eigenvalue weighted by Gasteiger charge is 2.22. The standard InChI is InChI=1S/C45H29NO3/c1-2-9-29(10-3-1)30-19-17-28(18-20-30)27-36(33-13-8-16-39-42(33)34-11-4-6-14-37(34)47-39)31-21-23-32(24-22-31)45-46-44-41(49-45)26-25-40-43(44)35-12-5-7-15-38(35)48-40/h1-26,36H,27H2. The number of para-hydroxylation sites is 2. The molecule has 0 saturated carbocycles. The third kappa shape index (κ3) is 4.64. The van der Waals surface area contributed by atoms with Crippen molar-refractivity contribution in [3.05, 3.63) is 174 Å². The van der Waals surface area contributed by atoms with Gasteiger partial charge in [0, 0.05) is 27.6 Å². The maximum absolute atomic E-state index is 6.34. The molecule has 10 aromatic rings. The molecule has 0 bridgehead atoms. The van der Waals surface area contributed by atoms with Gasteiger partial charge in [-0.05, 0) is 76.7 Å². The summed E-state index contributed by atoms with van der Waals surface area (Å²) >= 11 is 0. The van der Waals surface area contributed by atoms with Crippen LogP contribution in [0.5, 0.6) is 0 Å². The molecule has 4 heteroatoms. The number of furan rings is 2. The van der Waals surface area contributed by atoms with Gasteiger partial charge in [0.05, 0.1) is 5.39 Å². The van der Waals surface area contributed by atoms with E-state index in [4.69, 9.17) is 18.2 Å². The van der Waals surface area contributed by atoms with Gasteiger partial charge in [-0.1, -0.05) is 115 Å². The predicted molar refractivity (Wildman–Crippen MR) is 198 cm³/mol. The second kappa shape index (κ2) is 11.1. The molecule has 49 heavy (non-hydrogen) atoms. The summed E-state index contributed by atoms with van der Waals surface area (Å²) in [6.07, 6.45) is 0.835. The number of fused-ring (bicyclic) bond motifs is 8. The van der Waals surface area contributed by atoms with Crippen molar-refractivity contribution in [1.82, 2.24) is 4.98 Å². The Morgan fingerprint density at radius 3 is 1.78 bits per heavy atom. The van der Waals surface area contributed by atoms with E-state index in [-0.39, 0.29) is 5.92 Å². The summed E-state index contributed by atoms with van der Waals surface area (Å²) < 4.78 is 18.8. The summed E-state index contributed by atoms with van der Waals surface area (Å²) in [7, 11) is 0. The van der Waals surface area contributed by atoms with E-state index in [0.717, 1.165) is 61.6 Å². The fraction of sp³-hybridized carbons (Fsp3) is 0.0444. The van der Waals surface area contributed by atoms with Crippen LogP contribution in [0.25, 0.3) is 77.6 Å². The van der Waals surface area contributed by atoms with Crippen LogP contribution in [-0.2, 0) is 6.42 Å². The van der Waals surface area contributed by atoms with Crippen LogP contribution in [0.2, 0.25) is 0 Å². The second-order valence-electron chi connectivity index (χ2n) is 12.7. The molecule has 1 atom stereocenters. The Hall–Kier alpha value is -6.39. The van der Waals surface area contributed by atoms with Gasteiger partial charge >= 0.3 is 0 Å². The topological polar surface area (TPSA) is 52.3 Å². The first-order valence-electron chi connectivity index (χ1n) is 16.6. The van der Waals surface area contributed by atoms with Crippen LogP contribution < -0.4 is 0 Å². The lowest BCUT2D eigenvalue weighted by Crippen LogP contribution is -2.06. The number of oxazole rings is 1. The van der Waals surface area contributed by atoms with E-state index in [2.05, 4.69) is 115 Å². The van der Waals surface area contributed by atoms with E-state index in [9.17, 15) is 0 Å². The summed E-state index contributed by atoms with van der Waals surface area (Å²) in [5, 5.41) is 4.33. The summed E-state index contributed by atoms with van der Waals surface area (Å²) in [4.78, 5) is 5.00. The van der Waals surface area contributed by atoms with Crippen molar-refractivity contribution in [1.29, 1.82) is 0 Å². The minimum Gasteiger partial charge on any atom is -0.456 e. The van der Waals surface area contributed by atoms with Gasteiger partial charge < -0.3 is 13.3 Å². The summed E-state index contributed by atoms with van der Waals surface area (Å²) in [5.41, 5.74) is 12.1. The highest BCUT2D eigenvalue weighted by atomic mass is 16.4. The van der Waals surface area contributed by atoms with Gasteiger partial charge in [-0.2, -0.15) is 0 Å². The molecule has 0 N–H and O–H groups in total. The third-order valence-electron chi connectivity index (χ3n) is 9.77. The van der Waals surface area contributed by atoms with Crippen molar-refractivity contribution in [3.63, 3.8) is 0 Å². The van der Waals surface area contributed by atoms with Gasteiger partial charge in [-0.25, -0.2) is 4.98 Å². The first kappa shape index (κ1) is 27.7. The van der Waals surface area contributed by atoms with Crippen molar-refractivity contribution < 1.29 is 13.3 Å². The quantitative estimate of drug-likeness (QED) is 0.183. The minimum absolute atomic E-state index is 0.0851. The van der Waals surface area contributed by atoms with Gasteiger partial charge in [0.25, 0.3) is 0 Å². The fourth-order valence-electron chi connectivity index (χ4n) is 7.38. The molecule has 1 unspecified atom stereocenters. The van der Waals surface area contributed by atoms with Gasteiger partial charge in [-0.15, -0.1) is 0 Å². The van der Waals surface area contributed by atoms with E-state index in [1.54, 1.807) is 0 Å².